The Balaban J connectivity index is 1.41. The van der Waals surface area contributed by atoms with Gasteiger partial charge in [0.1, 0.15) is 6.07 Å². The zero-order valence-corrected chi connectivity index (χ0v) is 23.3. The molecule has 3 amide bonds. The summed E-state index contributed by atoms with van der Waals surface area (Å²) in [6.07, 6.45) is 1.57. The highest BCUT2D eigenvalue weighted by atomic mass is 35.5. The summed E-state index contributed by atoms with van der Waals surface area (Å²) in [7, 11) is 0. The maximum Gasteiger partial charge on any atom is 0.272 e. The van der Waals surface area contributed by atoms with Crippen LogP contribution in [0.2, 0.25) is 10.0 Å². The Hall–Kier alpha value is -4.77. The number of halogens is 2. The summed E-state index contributed by atoms with van der Waals surface area (Å²) in [6.45, 7) is 0. The second-order valence-electron chi connectivity index (χ2n) is 10.5. The molecule has 7 nitrogen and oxygen atoms in total. The van der Waals surface area contributed by atoms with Crippen LogP contribution in [0, 0.1) is 23.2 Å². The van der Waals surface area contributed by atoms with Crippen LogP contribution in [0.15, 0.2) is 96.1 Å². The second-order valence-corrected chi connectivity index (χ2v) is 11.3. The van der Waals surface area contributed by atoms with E-state index in [2.05, 4.69) is 16.6 Å². The van der Waals surface area contributed by atoms with E-state index in [1.165, 1.54) is 12.1 Å². The Morgan fingerprint density at radius 3 is 2.21 bits per heavy atom. The predicted octanol–water partition coefficient (Wildman–Crippen LogP) is 5.83. The first kappa shape index (κ1) is 26.1. The van der Waals surface area contributed by atoms with Gasteiger partial charge in [-0.2, -0.15) is 10.4 Å². The number of benzene rings is 4. The fraction of sp³-hybridized carbons (Fsp3) is 0.121. The predicted molar refractivity (Wildman–Crippen MR) is 159 cm³/mol. The van der Waals surface area contributed by atoms with Gasteiger partial charge < -0.3 is 0 Å². The Morgan fingerprint density at radius 2 is 1.55 bits per heavy atom. The van der Waals surface area contributed by atoms with Gasteiger partial charge in [0.25, 0.3) is 5.91 Å². The van der Waals surface area contributed by atoms with E-state index in [0.717, 1.165) is 27.2 Å². The van der Waals surface area contributed by atoms with E-state index >= 15 is 0 Å². The maximum atomic E-state index is 14.4. The van der Waals surface area contributed by atoms with Gasteiger partial charge in [0.15, 0.2) is 0 Å². The van der Waals surface area contributed by atoms with Crippen LogP contribution in [-0.4, -0.2) is 23.9 Å². The summed E-state index contributed by atoms with van der Waals surface area (Å²) in [6, 6.07) is 28.7. The number of carbonyl (C=O) groups is 3. The van der Waals surface area contributed by atoms with Crippen molar-refractivity contribution in [3.05, 3.63) is 134 Å². The average molecular weight is 591 g/mol. The molecule has 2 atom stereocenters. The molecule has 1 heterocycles. The summed E-state index contributed by atoms with van der Waals surface area (Å²) in [5, 5.41) is 14.7. The lowest BCUT2D eigenvalue weighted by molar-refractivity contribution is -0.122. The van der Waals surface area contributed by atoms with Crippen LogP contribution in [0.1, 0.15) is 44.1 Å². The molecule has 0 unspecified atom stereocenters. The topological polar surface area (TPSA) is 103 Å². The van der Waals surface area contributed by atoms with E-state index in [0.29, 0.717) is 5.02 Å². The van der Waals surface area contributed by atoms with E-state index in [-0.39, 0.29) is 33.7 Å². The number of hydrazone groups is 1. The van der Waals surface area contributed by atoms with E-state index in [9.17, 15) is 19.6 Å². The molecular formula is C33H20Cl2N4O3. The Labute approximate surface area is 251 Å². The minimum absolute atomic E-state index is 0.172. The lowest BCUT2D eigenvalue weighted by Crippen LogP contribution is -2.54. The summed E-state index contributed by atoms with van der Waals surface area (Å²) in [4.78, 5) is 42.9. The minimum Gasteiger partial charge on any atom is -0.274 e. The van der Waals surface area contributed by atoms with Crippen molar-refractivity contribution in [1.29, 1.82) is 5.26 Å². The molecule has 2 bridgehead atoms. The molecule has 1 saturated heterocycles. The van der Waals surface area contributed by atoms with Gasteiger partial charge in [-0.05, 0) is 52.6 Å². The molecule has 3 aliphatic carbocycles. The first-order valence-electron chi connectivity index (χ1n) is 13.2. The van der Waals surface area contributed by atoms with Crippen molar-refractivity contribution in [2.45, 2.75) is 11.3 Å². The summed E-state index contributed by atoms with van der Waals surface area (Å²) in [5.74, 6) is -3.29. The quantitative estimate of drug-likeness (QED) is 0.183. The molecule has 0 aromatic heterocycles. The number of para-hydroxylation sites is 1. The van der Waals surface area contributed by atoms with Crippen molar-refractivity contribution in [2.24, 2.45) is 16.9 Å². The Kier molecular flexibility index (Phi) is 6.01. The van der Waals surface area contributed by atoms with Crippen molar-refractivity contribution >= 4 is 52.8 Å². The van der Waals surface area contributed by atoms with Gasteiger partial charge in [0.2, 0.25) is 11.8 Å². The van der Waals surface area contributed by atoms with Crippen LogP contribution in [0.5, 0.6) is 0 Å². The summed E-state index contributed by atoms with van der Waals surface area (Å²) in [5.41, 5.74) is 5.60. The minimum atomic E-state index is -1.17. The molecule has 1 aliphatic heterocycles. The number of amides is 3. The third kappa shape index (κ3) is 3.52. The number of rotatable bonds is 4. The van der Waals surface area contributed by atoms with Gasteiger partial charge in [-0.3, -0.25) is 14.4 Å². The number of imide groups is 1. The monoisotopic (exact) mass is 590 g/mol. The molecule has 42 heavy (non-hydrogen) atoms. The molecule has 4 aliphatic rings. The molecular weight excluding hydrogens is 571 g/mol. The average Bonchev–Trinajstić information content (AvgIpc) is 3.27. The number of anilines is 1. The maximum absolute atomic E-state index is 14.4. The number of nitrogens with zero attached hydrogens (tertiary/aromatic N) is 3. The van der Waals surface area contributed by atoms with Crippen molar-refractivity contribution in [2.75, 3.05) is 4.90 Å². The molecule has 9 heteroatoms. The fourth-order valence-electron chi connectivity index (χ4n) is 6.98. The highest BCUT2D eigenvalue weighted by molar-refractivity contribution is 6.36. The zero-order chi connectivity index (χ0) is 29.2. The third-order valence-electron chi connectivity index (χ3n) is 8.56. The van der Waals surface area contributed by atoms with Gasteiger partial charge in [-0.1, -0.05) is 83.9 Å². The number of hydrogen-bond acceptors (Lipinski definition) is 5. The number of nitrogens with one attached hydrogen (secondary N) is 1. The van der Waals surface area contributed by atoms with Gasteiger partial charge in [-0.15, -0.1) is 0 Å². The van der Waals surface area contributed by atoms with E-state index < -0.39 is 29.1 Å². The fourth-order valence-corrected chi connectivity index (χ4v) is 7.47. The highest BCUT2D eigenvalue weighted by Gasteiger charge is 2.68. The molecule has 1 fully saturated rings. The smallest absolute Gasteiger partial charge is 0.272 e. The van der Waals surface area contributed by atoms with Gasteiger partial charge >= 0.3 is 0 Å². The van der Waals surface area contributed by atoms with Crippen LogP contribution in [0.3, 0.4) is 0 Å². The molecule has 0 saturated carbocycles. The van der Waals surface area contributed by atoms with E-state index in [4.69, 9.17) is 23.2 Å². The molecule has 4 aromatic rings. The molecule has 0 radical (unpaired) electrons. The Morgan fingerprint density at radius 1 is 0.905 bits per heavy atom. The largest absolute Gasteiger partial charge is 0.274 e. The SMILES string of the molecule is N#Cc1ccccc1N1C(=O)[C@H]2C3c4ccccc4C(/C=N\NC(=O)c4ccc(Cl)cc4Cl)(c4ccccc43)[C@H]2C1=O. The van der Waals surface area contributed by atoms with Crippen LogP contribution in [-0.2, 0) is 15.0 Å². The molecule has 204 valence electrons. The first-order valence-corrected chi connectivity index (χ1v) is 14.0. The number of hydrogen-bond donors (Lipinski definition) is 1. The van der Waals surface area contributed by atoms with Crippen LogP contribution in [0.25, 0.3) is 0 Å². The van der Waals surface area contributed by atoms with Gasteiger partial charge in [0, 0.05) is 17.2 Å². The molecule has 8 rings (SSSR count). The number of nitriles is 1. The van der Waals surface area contributed by atoms with Crippen molar-refractivity contribution in [1.82, 2.24) is 5.43 Å². The first-order chi connectivity index (χ1) is 20.4. The summed E-state index contributed by atoms with van der Waals surface area (Å²) >= 11 is 12.2. The zero-order valence-electron chi connectivity index (χ0n) is 21.8. The molecule has 4 aromatic carbocycles. The highest BCUT2D eigenvalue weighted by Crippen LogP contribution is 2.63. The van der Waals surface area contributed by atoms with Gasteiger partial charge in [-0.25, -0.2) is 10.3 Å². The third-order valence-corrected chi connectivity index (χ3v) is 9.11. The standard InChI is InChI=1S/C33H20Cl2N4O3/c34-19-13-14-22(25(35)15-19)30(40)38-37-17-33-23-10-4-2-8-20(23)27(21-9-3-5-11-24(21)33)28-29(33)32(42)39(31(28)41)26-12-6-1-7-18(26)16-36/h1-15,17,27-29H,(H,38,40)/b37-17-/t27?,28-,29+,33?/m0/s1. The summed E-state index contributed by atoms with van der Waals surface area (Å²) < 4.78 is 0. The normalized spacial score (nSPS) is 23.4. The van der Waals surface area contributed by atoms with Crippen LogP contribution >= 0.6 is 23.2 Å². The number of carbonyl (C=O) groups excluding carboxylic acids is 3. The van der Waals surface area contributed by atoms with E-state index in [1.54, 1.807) is 36.5 Å². The van der Waals surface area contributed by atoms with Crippen molar-refractivity contribution < 1.29 is 14.4 Å². The lowest BCUT2D eigenvalue weighted by atomic mass is 9.47. The van der Waals surface area contributed by atoms with Crippen LogP contribution < -0.4 is 10.3 Å². The van der Waals surface area contributed by atoms with E-state index in [1.807, 2.05) is 48.5 Å². The Bertz CT molecular complexity index is 1870. The molecule has 0 spiro atoms. The van der Waals surface area contributed by atoms with Gasteiger partial charge in [0.05, 0.1) is 39.1 Å². The van der Waals surface area contributed by atoms with Crippen molar-refractivity contribution in [3.8, 4) is 6.07 Å². The van der Waals surface area contributed by atoms with Crippen molar-refractivity contribution in [3.63, 3.8) is 0 Å². The lowest BCUT2D eigenvalue weighted by Gasteiger charge is -2.52. The second kappa shape index (κ2) is 9.66. The van der Waals surface area contributed by atoms with Crippen LogP contribution in [0.4, 0.5) is 5.69 Å². The molecule has 1 N–H and O–H groups in total.